The van der Waals surface area contributed by atoms with E-state index < -0.39 is 12.5 Å². The van der Waals surface area contributed by atoms with Crippen molar-refractivity contribution in [2.45, 2.75) is 13.5 Å². The summed E-state index contributed by atoms with van der Waals surface area (Å²) in [6.07, 6.45) is 1.17. The van der Waals surface area contributed by atoms with Gasteiger partial charge in [0.05, 0.1) is 6.21 Å². The molecule has 0 atom stereocenters. The van der Waals surface area contributed by atoms with Crippen molar-refractivity contribution in [2.24, 2.45) is 5.16 Å². The van der Waals surface area contributed by atoms with Crippen LogP contribution in [-0.2, 0) is 9.63 Å². The van der Waals surface area contributed by atoms with Crippen LogP contribution in [0.25, 0.3) is 0 Å². The number of hydrogen-bond acceptors (Lipinski definition) is 6. The minimum absolute atomic E-state index is 0.0441. The number of nitrogens with one attached hydrogen (secondary N) is 1. The molecule has 1 aromatic carbocycles. The standard InChI is InChI=1S/C14H13F2N3O4/c1-9-6-12(19-23-9)18-13(20)8-21-17-7-10-4-2-3-5-11(10)22-14(15)16/h2-7,14H,8H2,1H3,(H,18,19,20)/b17-7+. The predicted molar refractivity (Wildman–Crippen MR) is 76.5 cm³/mol. The molecule has 0 radical (unpaired) electrons. The van der Waals surface area contributed by atoms with Crippen molar-refractivity contribution in [1.29, 1.82) is 0 Å². The van der Waals surface area contributed by atoms with E-state index in [9.17, 15) is 13.6 Å². The van der Waals surface area contributed by atoms with Crippen LogP contribution in [0.5, 0.6) is 5.75 Å². The van der Waals surface area contributed by atoms with Gasteiger partial charge in [0.1, 0.15) is 11.5 Å². The van der Waals surface area contributed by atoms with Crippen LogP contribution >= 0.6 is 0 Å². The fraction of sp³-hybridized carbons (Fsp3) is 0.214. The summed E-state index contributed by atoms with van der Waals surface area (Å²) in [5.74, 6) is 0.274. The first-order chi connectivity index (χ1) is 11.0. The lowest BCUT2D eigenvalue weighted by molar-refractivity contribution is -0.120. The van der Waals surface area contributed by atoms with E-state index in [2.05, 4.69) is 20.4 Å². The molecule has 23 heavy (non-hydrogen) atoms. The smallest absolute Gasteiger partial charge is 0.387 e. The molecule has 1 heterocycles. The molecule has 0 aliphatic heterocycles. The van der Waals surface area contributed by atoms with Gasteiger partial charge in [-0.2, -0.15) is 8.78 Å². The molecule has 9 heteroatoms. The summed E-state index contributed by atoms with van der Waals surface area (Å²) >= 11 is 0. The largest absolute Gasteiger partial charge is 0.434 e. The van der Waals surface area contributed by atoms with Crippen molar-refractivity contribution in [2.75, 3.05) is 11.9 Å². The second kappa shape index (κ2) is 7.87. The number of rotatable bonds is 7. The van der Waals surface area contributed by atoms with Gasteiger partial charge in [-0.1, -0.05) is 22.4 Å². The number of amides is 1. The highest BCUT2D eigenvalue weighted by molar-refractivity contribution is 5.90. The van der Waals surface area contributed by atoms with Gasteiger partial charge in [0.2, 0.25) is 0 Å². The van der Waals surface area contributed by atoms with Crippen LogP contribution in [0.4, 0.5) is 14.6 Å². The number of halogens is 2. The Bertz CT molecular complexity index is 688. The van der Waals surface area contributed by atoms with Gasteiger partial charge in [0.15, 0.2) is 12.4 Å². The monoisotopic (exact) mass is 325 g/mol. The molecule has 0 aliphatic rings. The quantitative estimate of drug-likeness (QED) is 0.624. The van der Waals surface area contributed by atoms with Crippen molar-refractivity contribution in [1.82, 2.24) is 5.16 Å². The Morgan fingerprint density at radius 1 is 1.48 bits per heavy atom. The molecule has 2 rings (SSSR count). The lowest BCUT2D eigenvalue weighted by Crippen LogP contribution is -2.17. The number of ether oxygens (including phenoxy) is 1. The van der Waals surface area contributed by atoms with Crippen molar-refractivity contribution in [3.63, 3.8) is 0 Å². The van der Waals surface area contributed by atoms with Gasteiger partial charge in [-0.05, 0) is 19.1 Å². The fourth-order valence-electron chi connectivity index (χ4n) is 1.58. The first kappa shape index (κ1) is 16.4. The van der Waals surface area contributed by atoms with Crippen LogP contribution < -0.4 is 10.1 Å². The van der Waals surface area contributed by atoms with Crippen LogP contribution in [0.3, 0.4) is 0 Å². The van der Waals surface area contributed by atoms with Crippen LogP contribution in [0.1, 0.15) is 11.3 Å². The maximum absolute atomic E-state index is 12.2. The molecule has 7 nitrogen and oxygen atoms in total. The molecule has 0 fully saturated rings. The molecule has 1 aromatic heterocycles. The molecule has 0 bridgehead atoms. The molecule has 122 valence electrons. The second-order valence-electron chi connectivity index (χ2n) is 4.30. The summed E-state index contributed by atoms with van der Waals surface area (Å²) in [7, 11) is 0. The van der Waals surface area contributed by atoms with Crippen molar-refractivity contribution < 1.29 is 27.7 Å². The van der Waals surface area contributed by atoms with Crippen LogP contribution in [0.15, 0.2) is 40.0 Å². The first-order valence-corrected chi connectivity index (χ1v) is 6.47. The normalized spacial score (nSPS) is 11.0. The maximum Gasteiger partial charge on any atom is 0.387 e. The van der Waals surface area contributed by atoms with Gasteiger partial charge in [-0.15, -0.1) is 0 Å². The van der Waals surface area contributed by atoms with Gasteiger partial charge in [-0.25, -0.2) is 0 Å². The van der Waals surface area contributed by atoms with Crippen molar-refractivity contribution in [3.8, 4) is 5.75 Å². The summed E-state index contributed by atoms with van der Waals surface area (Å²) in [4.78, 5) is 16.3. The zero-order chi connectivity index (χ0) is 16.7. The molecular formula is C14H13F2N3O4. The van der Waals surface area contributed by atoms with E-state index in [0.717, 1.165) is 0 Å². The number of aryl methyl sites for hydroxylation is 1. The van der Waals surface area contributed by atoms with Gasteiger partial charge < -0.3 is 19.4 Å². The fourth-order valence-corrected chi connectivity index (χ4v) is 1.58. The molecule has 0 unspecified atom stereocenters. The minimum atomic E-state index is -2.94. The highest BCUT2D eigenvalue weighted by atomic mass is 19.3. The van der Waals surface area contributed by atoms with Crippen molar-refractivity contribution >= 4 is 17.9 Å². The minimum Gasteiger partial charge on any atom is -0.434 e. The van der Waals surface area contributed by atoms with Gasteiger partial charge in [0.25, 0.3) is 5.91 Å². The van der Waals surface area contributed by atoms with Crippen LogP contribution in [0, 0.1) is 6.92 Å². The highest BCUT2D eigenvalue weighted by Gasteiger charge is 2.08. The molecule has 1 amide bonds. The summed E-state index contributed by atoms with van der Waals surface area (Å²) in [5.41, 5.74) is 0.292. The SMILES string of the molecule is Cc1cc(NC(=O)CO/N=C/c2ccccc2OC(F)F)no1. The molecule has 2 aromatic rings. The molecular weight excluding hydrogens is 312 g/mol. The zero-order valence-corrected chi connectivity index (χ0v) is 12.0. The van der Waals surface area contributed by atoms with Crippen molar-refractivity contribution in [3.05, 3.63) is 41.7 Å². The number of oxime groups is 1. The Balaban J connectivity index is 1.83. The number of nitrogens with zero attached hydrogens (tertiary/aromatic N) is 2. The first-order valence-electron chi connectivity index (χ1n) is 6.47. The number of benzene rings is 1. The van der Waals surface area contributed by atoms with Crippen LogP contribution in [0.2, 0.25) is 0 Å². The van der Waals surface area contributed by atoms with E-state index in [1.165, 1.54) is 18.3 Å². The van der Waals surface area contributed by atoms with E-state index >= 15 is 0 Å². The molecule has 0 saturated carbocycles. The topological polar surface area (TPSA) is 86.0 Å². The van der Waals surface area contributed by atoms with E-state index in [1.807, 2.05) is 0 Å². The molecule has 1 N–H and O–H groups in total. The lowest BCUT2D eigenvalue weighted by Gasteiger charge is -2.06. The Kier molecular flexibility index (Phi) is 5.61. The van der Waals surface area contributed by atoms with E-state index in [-0.39, 0.29) is 18.2 Å². The second-order valence-corrected chi connectivity index (χ2v) is 4.30. The summed E-state index contributed by atoms with van der Waals surface area (Å²) < 4.78 is 33.6. The third-order valence-electron chi connectivity index (χ3n) is 2.49. The van der Waals surface area contributed by atoms with E-state index in [4.69, 9.17) is 9.36 Å². The Labute approximate surface area is 129 Å². The number of carbonyl (C=O) groups is 1. The number of para-hydroxylation sites is 1. The molecule has 0 saturated heterocycles. The van der Waals surface area contributed by atoms with Gasteiger partial charge >= 0.3 is 6.61 Å². The summed E-state index contributed by atoms with van der Waals surface area (Å²) in [5, 5.41) is 9.56. The van der Waals surface area contributed by atoms with Gasteiger partial charge in [0, 0.05) is 11.6 Å². The van der Waals surface area contributed by atoms with E-state index in [1.54, 1.807) is 25.1 Å². The highest BCUT2D eigenvalue weighted by Crippen LogP contribution is 2.18. The van der Waals surface area contributed by atoms with Gasteiger partial charge in [-0.3, -0.25) is 4.79 Å². The maximum atomic E-state index is 12.2. The van der Waals surface area contributed by atoms with E-state index in [0.29, 0.717) is 11.3 Å². The average Bonchev–Trinajstić information content (AvgIpc) is 2.89. The van der Waals surface area contributed by atoms with Crippen LogP contribution in [-0.4, -0.2) is 30.5 Å². The summed E-state index contributed by atoms with van der Waals surface area (Å²) in [6.45, 7) is -1.63. The third-order valence-corrected chi connectivity index (χ3v) is 2.49. The predicted octanol–water partition coefficient (Wildman–Crippen LogP) is 2.57. The zero-order valence-electron chi connectivity index (χ0n) is 12.0. The Morgan fingerprint density at radius 3 is 2.96 bits per heavy atom. The molecule has 0 spiro atoms. The third kappa shape index (κ3) is 5.38. The summed E-state index contributed by atoms with van der Waals surface area (Å²) in [6, 6.07) is 7.59. The number of hydrogen-bond donors (Lipinski definition) is 1. The average molecular weight is 325 g/mol. The molecule has 0 aliphatic carbocycles. The number of aromatic nitrogens is 1. The Morgan fingerprint density at radius 2 is 2.26 bits per heavy atom. The number of carbonyl (C=O) groups excluding carboxylic acids is 1. The Hall–Kier alpha value is -2.97. The number of alkyl halides is 2. The lowest BCUT2D eigenvalue weighted by atomic mass is 10.2. The number of anilines is 1.